The second kappa shape index (κ2) is 8.22. The molecule has 2 heterocycles. The first-order valence-electron chi connectivity index (χ1n) is 9.29. The van der Waals surface area contributed by atoms with E-state index in [0.29, 0.717) is 5.82 Å². The summed E-state index contributed by atoms with van der Waals surface area (Å²) < 4.78 is 26.2. The van der Waals surface area contributed by atoms with Crippen molar-refractivity contribution in [3.63, 3.8) is 0 Å². The maximum atomic E-state index is 13.2. The van der Waals surface area contributed by atoms with Gasteiger partial charge in [0.15, 0.2) is 11.6 Å². The number of carbonyl (C=O) groups is 1. The molecule has 1 fully saturated rings. The lowest BCUT2D eigenvalue weighted by atomic mass is 10.2. The molecule has 0 bridgehead atoms. The Balaban J connectivity index is 1.38. The number of aromatic nitrogens is 2. The molecular weight excluding hydrogens is 376 g/mol. The van der Waals surface area contributed by atoms with Crippen molar-refractivity contribution in [2.45, 2.75) is 12.8 Å². The van der Waals surface area contributed by atoms with Gasteiger partial charge in [-0.2, -0.15) is 0 Å². The third-order valence-corrected chi connectivity index (χ3v) is 4.67. The molecule has 0 radical (unpaired) electrons. The number of rotatable bonds is 5. The summed E-state index contributed by atoms with van der Waals surface area (Å²) in [5, 5.41) is 5.59. The van der Waals surface area contributed by atoms with Crippen molar-refractivity contribution < 1.29 is 13.6 Å². The Morgan fingerprint density at radius 1 is 0.897 bits per heavy atom. The summed E-state index contributed by atoms with van der Waals surface area (Å²) in [6.07, 6.45) is 5.21. The van der Waals surface area contributed by atoms with Gasteiger partial charge in [0.2, 0.25) is 0 Å². The SMILES string of the molecule is O=C(Nc1ccc(F)c(F)c1)c1cnc(Nc2ccc(N3CCCC3)cc2)cn1. The maximum absolute atomic E-state index is 13.2. The van der Waals surface area contributed by atoms with E-state index in [1.807, 2.05) is 12.1 Å². The Morgan fingerprint density at radius 2 is 1.62 bits per heavy atom. The molecule has 0 atom stereocenters. The minimum absolute atomic E-state index is 0.0599. The Bertz CT molecular complexity index is 1000. The molecule has 1 aromatic heterocycles. The Labute approximate surface area is 166 Å². The van der Waals surface area contributed by atoms with Gasteiger partial charge in [-0.15, -0.1) is 0 Å². The van der Waals surface area contributed by atoms with Crippen LogP contribution in [0.1, 0.15) is 23.3 Å². The number of hydrogen-bond donors (Lipinski definition) is 2. The highest BCUT2D eigenvalue weighted by Gasteiger charge is 2.13. The van der Waals surface area contributed by atoms with Crippen molar-refractivity contribution in [2.75, 3.05) is 28.6 Å². The zero-order valence-electron chi connectivity index (χ0n) is 15.5. The van der Waals surface area contributed by atoms with E-state index < -0.39 is 17.5 Å². The summed E-state index contributed by atoms with van der Waals surface area (Å²) in [5.74, 6) is -2.09. The molecule has 1 aliphatic rings. The van der Waals surface area contributed by atoms with Crippen molar-refractivity contribution in [3.8, 4) is 0 Å². The van der Waals surface area contributed by atoms with Crippen LogP contribution >= 0.6 is 0 Å². The lowest BCUT2D eigenvalue weighted by molar-refractivity contribution is 0.102. The van der Waals surface area contributed by atoms with Crippen molar-refractivity contribution in [1.29, 1.82) is 0 Å². The molecule has 4 rings (SSSR count). The van der Waals surface area contributed by atoms with Crippen LogP contribution in [0.5, 0.6) is 0 Å². The predicted octanol–water partition coefficient (Wildman–Crippen LogP) is 4.35. The molecule has 29 heavy (non-hydrogen) atoms. The first-order valence-corrected chi connectivity index (χ1v) is 9.29. The monoisotopic (exact) mass is 395 g/mol. The van der Waals surface area contributed by atoms with Gasteiger partial charge in [0.25, 0.3) is 5.91 Å². The fourth-order valence-electron chi connectivity index (χ4n) is 3.16. The van der Waals surface area contributed by atoms with Gasteiger partial charge in [0.05, 0.1) is 12.4 Å². The van der Waals surface area contributed by atoms with Crippen molar-refractivity contribution >= 4 is 28.8 Å². The van der Waals surface area contributed by atoms with Crippen LogP contribution in [0.4, 0.5) is 31.7 Å². The van der Waals surface area contributed by atoms with E-state index in [4.69, 9.17) is 0 Å². The van der Waals surface area contributed by atoms with Gasteiger partial charge in [-0.25, -0.2) is 18.7 Å². The lowest BCUT2D eigenvalue weighted by Gasteiger charge is -2.17. The molecule has 0 saturated carbocycles. The number of anilines is 4. The molecule has 1 aliphatic heterocycles. The van der Waals surface area contributed by atoms with Crippen LogP contribution in [0.15, 0.2) is 54.9 Å². The minimum atomic E-state index is -1.04. The van der Waals surface area contributed by atoms with Crippen molar-refractivity contribution in [1.82, 2.24) is 9.97 Å². The molecule has 1 amide bonds. The van der Waals surface area contributed by atoms with E-state index in [0.717, 1.165) is 30.9 Å². The van der Waals surface area contributed by atoms with Crippen LogP contribution < -0.4 is 15.5 Å². The van der Waals surface area contributed by atoms with Crippen molar-refractivity contribution in [3.05, 3.63) is 72.2 Å². The van der Waals surface area contributed by atoms with Gasteiger partial charge in [-0.1, -0.05) is 0 Å². The summed E-state index contributed by atoms with van der Waals surface area (Å²) in [5.41, 5.74) is 2.25. The van der Waals surface area contributed by atoms with E-state index >= 15 is 0 Å². The Morgan fingerprint density at radius 3 is 2.28 bits per heavy atom. The molecule has 2 aromatic carbocycles. The number of nitrogens with zero attached hydrogens (tertiary/aromatic N) is 3. The minimum Gasteiger partial charge on any atom is -0.372 e. The normalized spacial score (nSPS) is 13.4. The molecule has 3 aromatic rings. The molecule has 0 unspecified atom stereocenters. The smallest absolute Gasteiger partial charge is 0.275 e. The quantitative estimate of drug-likeness (QED) is 0.672. The Kier molecular flexibility index (Phi) is 5.33. The lowest BCUT2D eigenvalue weighted by Crippen LogP contribution is -2.17. The summed E-state index contributed by atoms with van der Waals surface area (Å²) in [7, 11) is 0. The van der Waals surface area contributed by atoms with Gasteiger partial charge >= 0.3 is 0 Å². The van der Waals surface area contributed by atoms with Gasteiger partial charge < -0.3 is 15.5 Å². The number of hydrogen-bond acceptors (Lipinski definition) is 5. The van der Waals surface area contributed by atoms with Crippen LogP contribution in [0.25, 0.3) is 0 Å². The number of halogens is 2. The van der Waals surface area contributed by atoms with Crippen LogP contribution in [0, 0.1) is 11.6 Å². The summed E-state index contributed by atoms with van der Waals surface area (Å²) >= 11 is 0. The zero-order valence-corrected chi connectivity index (χ0v) is 15.5. The number of amides is 1. The fourth-order valence-corrected chi connectivity index (χ4v) is 3.16. The molecule has 8 heteroatoms. The van der Waals surface area contributed by atoms with Crippen LogP contribution in [-0.2, 0) is 0 Å². The molecular formula is C21H19F2N5O. The first kappa shape index (κ1) is 18.8. The van der Waals surface area contributed by atoms with E-state index in [-0.39, 0.29) is 11.4 Å². The average Bonchev–Trinajstić information content (AvgIpc) is 3.27. The van der Waals surface area contributed by atoms with Crippen LogP contribution in [0.3, 0.4) is 0 Å². The third kappa shape index (κ3) is 4.48. The Hall–Kier alpha value is -3.55. The number of benzene rings is 2. The molecule has 148 valence electrons. The maximum Gasteiger partial charge on any atom is 0.275 e. The highest BCUT2D eigenvalue weighted by molar-refractivity contribution is 6.02. The summed E-state index contributed by atoms with van der Waals surface area (Å²) in [6.45, 7) is 2.18. The summed E-state index contributed by atoms with van der Waals surface area (Å²) in [4.78, 5) is 22.8. The third-order valence-electron chi connectivity index (χ3n) is 4.67. The van der Waals surface area contributed by atoms with E-state index in [2.05, 4.69) is 37.6 Å². The van der Waals surface area contributed by atoms with E-state index in [1.165, 1.54) is 37.0 Å². The highest BCUT2D eigenvalue weighted by atomic mass is 19.2. The van der Waals surface area contributed by atoms with Gasteiger partial charge in [0, 0.05) is 36.2 Å². The predicted molar refractivity (Wildman–Crippen MR) is 108 cm³/mol. The average molecular weight is 395 g/mol. The van der Waals surface area contributed by atoms with Crippen LogP contribution in [-0.4, -0.2) is 29.0 Å². The van der Waals surface area contributed by atoms with E-state index in [9.17, 15) is 13.6 Å². The topological polar surface area (TPSA) is 70.2 Å². The highest BCUT2D eigenvalue weighted by Crippen LogP contribution is 2.23. The molecule has 6 nitrogen and oxygen atoms in total. The molecule has 2 N–H and O–H groups in total. The standard InChI is InChI=1S/C21H19F2N5O/c22-17-8-5-15(11-18(17)23)27-21(29)19-12-25-20(13-24-19)26-14-3-6-16(7-4-14)28-9-1-2-10-28/h3-8,11-13H,1-2,9-10H2,(H,25,26)(H,27,29). The number of nitrogens with one attached hydrogen (secondary N) is 2. The van der Waals surface area contributed by atoms with Crippen molar-refractivity contribution in [2.24, 2.45) is 0 Å². The second-order valence-electron chi connectivity index (χ2n) is 6.74. The fraction of sp³-hybridized carbons (Fsp3) is 0.190. The zero-order chi connectivity index (χ0) is 20.2. The number of carbonyl (C=O) groups excluding carboxylic acids is 1. The van der Waals surface area contributed by atoms with Crippen LogP contribution in [0.2, 0.25) is 0 Å². The van der Waals surface area contributed by atoms with E-state index in [1.54, 1.807) is 0 Å². The molecule has 1 saturated heterocycles. The molecule has 0 spiro atoms. The second-order valence-corrected chi connectivity index (χ2v) is 6.74. The van der Waals surface area contributed by atoms with Gasteiger partial charge in [-0.3, -0.25) is 4.79 Å². The van der Waals surface area contributed by atoms with Gasteiger partial charge in [-0.05, 0) is 49.2 Å². The largest absolute Gasteiger partial charge is 0.372 e. The summed E-state index contributed by atoms with van der Waals surface area (Å²) in [6, 6.07) is 11.2. The first-order chi connectivity index (χ1) is 14.1. The van der Waals surface area contributed by atoms with Gasteiger partial charge in [0.1, 0.15) is 11.5 Å². The molecule has 0 aliphatic carbocycles.